The summed E-state index contributed by atoms with van der Waals surface area (Å²) in [6.45, 7) is 1.06. The van der Waals surface area contributed by atoms with Crippen LogP contribution in [0.3, 0.4) is 0 Å². The molecule has 6 nitrogen and oxygen atoms in total. The Morgan fingerprint density at radius 3 is 2.88 bits per heavy atom. The van der Waals surface area contributed by atoms with Crippen LogP contribution in [0.15, 0.2) is 35.8 Å². The Labute approximate surface area is 144 Å². The molecule has 2 aromatic heterocycles. The number of methoxy groups -OCH3 is 1. The number of aromatic nitrogens is 1. The van der Waals surface area contributed by atoms with Crippen molar-refractivity contribution in [3.8, 4) is 0 Å². The van der Waals surface area contributed by atoms with Crippen LogP contribution in [0.5, 0.6) is 0 Å². The number of carbonyl (C=O) groups excluding carboxylic acids is 1. The van der Waals surface area contributed by atoms with E-state index in [4.69, 9.17) is 9.84 Å². The van der Waals surface area contributed by atoms with Crippen molar-refractivity contribution in [2.75, 3.05) is 13.7 Å². The Hall–Kier alpha value is -2.12. The van der Waals surface area contributed by atoms with E-state index in [1.165, 1.54) is 4.88 Å². The van der Waals surface area contributed by atoms with Gasteiger partial charge < -0.3 is 19.3 Å². The summed E-state index contributed by atoms with van der Waals surface area (Å²) in [6.07, 6.45) is 2.26. The molecule has 2 aromatic rings. The monoisotopic (exact) mass is 348 g/mol. The van der Waals surface area contributed by atoms with Crippen molar-refractivity contribution in [1.82, 2.24) is 9.47 Å². The van der Waals surface area contributed by atoms with Gasteiger partial charge in [-0.3, -0.25) is 9.59 Å². The number of hydrogen-bond acceptors (Lipinski definition) is 4. The van der Waals surface area contributed by atoms with Crippen LogP contribution < -0.4 is 0 Å². The molecule has 1 aliphatic rings. The number of rotatable bonds is 6. The third-order valence-corrected chi connectivity index (χ3v) is 5.20. The number of carboxylic acid groups (broad SMARTS) is 1. The number of carboxylic acids is 1. The van der Waals surface area contributed by atoms with Gasteiger partial charge in [-0.25, -0.2) is 0 Å². The Morgan fingerprint density at radius 1 is 1.38 bits per heavy atom. The summed E-state index contributed by atoms with van der Waals surface area (Å²) in [5.41, 5.74) is 0.579. The van der Waals surface area contributed by atoms with Crippen molar-refractivity contribution >= 4 is 23.2 Å². The van der Waals surface area contributed by atoms with Crippen molar-refractivity contribution in [2.24, 2.45) is 0 Å². The lowest BCUT2D eigenvalue weighted by molar-refractivity contribution is -0.138. The van der Waals surface area contributed by atoms with Crippen LogP contribution in [0.25, 0.3) is 0 Å². The number of hydrogen-bond donors (Lipinski definition) is 1. The van der Waals surface area contributed by atoms with Crippen LogP contribution in [0, 0.1) is 0 Å². The smallest absolute Gasteiger partial charge is 0.305 e. The predicted octanol–water partition coefficient (Wildman–Crippen LogP) is 2.30. The molecular weight excluding hydrogens is 328 g/mol. The van der Waals surface area contributed by atoms with Gasteiger partial charge in [-0.15, -0.1) is 11.3 Å². The van der Waals surface area contributed by atoms with Gasteiger partial charge in [0, 0.05) is 30.8 Å². The molecule has 7 heteroatoms. The second kappa shape index (κ2) is 7.19. The lowest BCUT2D eigenvalue weighted by atomic mass is 10.1. The number of likely N-dealkylation sites (tertiary alicyclic amines) is 1. The maximum atomic E-state index is 13.0. The zero-order valence-electron chi connectivity index (χ0n) is 13.4. The molecule has 3 heterocycles. The van der Waals surface area contributed by atoms with Crippen molar-refractivity contribution in [1.29, 1.82) is 0 Å². The largest absolute Gasteiger partial charge is 0.481 e. The van der Waals surface area contributed by atoms with Crippen molar-refractivity contribution in [3.05, 3.63) is 46.4 Å². The van der Waals surface area contributed by atoms with Crippen molar-refractivity contribution in [3.63, 3.8) is 0 Å². The molecular formula is C17H20N2O4S. The van der Waals surface area contributed by atoms with Crippen LogP contribution in [-0.4, -0.2) is 52.3 Å². The SMILES string of the molecule is COC1CC(CC(=O)O)N(C(=O)c2cccn2Cc2cccs2)C1. The van der Waals surface area contributed by atoms with Crippen LogP contribution >= 0.6 is 11.3 Å². The van der Waals surface area contributed by atoms with Gasteiger partial charge in [-0.2, -0.15) is 0 Å². The van der Waals surface area contributed by atoms with E-state index in [1.54, 1.807) is 29.4 Å². The maximum Gasteiger partial charge on any atom is 0.305 e. The van der Waals surface area contributed by atoms with Crippen LogP contribution in [-0.2, 0) is 16.1 Å². The number of carbonyl (C=O) groups is 2. The highest BCUT2D eigenvalue weighted by Gasteiger charge is 2.37. The highest BCUT2D eigenvalue weighted by atomic mass is 32.1. The topological polar surface area (TPSA) is 71.8 Å². The van der Waals surface area contributed by atoms with Gasteiger partial charge in [0.2, 0.25) is 0 Å². The third-order valence-electron chi connectivity index (χ3n) is 4.34. The van der Waals surface area contributed by atoms with Gasteiger partial charge in [0.1, 0.15) is 5.69 Å². The summed E-state index contributed by atoms with van der Waals surface area (Å²) in [6, 6.07) is 7.32. The normalized spacial score (nSPS) is 20.5. The summed E-state index contributed by atoms with van der Waals surface area (Å²) in [7, 11) is 1.59. The maximum absolute atomic E-state index is 13.0. The van der Waals surface area contributed by atoms with Gasteiger partial charge in [0.25, 0.3) is 5.91 Å². The van der Waals surface area contributed by atoms with E-state index in [0.717, 1.165) is 0 Å². The molecule has 0 saturated carbocycles. The number of thiophene rings is 1. The fraction of sp³-hybridized carbons (Fsp3) is 0.412. The molecule has 0 radical (unpaired) electrons. The highest BCUT2D eigenvalue weighted by Crippen LogP contribution is 2.25. The Bertz CT molecular complexity index is 710. The quantitative estimate of drug-likeness (QED) is 0.869. The van der Waals surface area contributed by atoms with E-state index in [9.17, 15) is 9.59 Å². The molecule has 2 atom stereocenters. The summed E-state index contributed by atoms with van der Waals surface area (Å²) >= 11 is 1.64. The van der Waals surface area contributed by atoms with Gasteiger partial charge in [-0.1, -0.05) is 6.07 Å². The van der Waals surface area contributed by atoms with Gasteiger partial charge >= 0.3 is 5.97 Å². The molecule has 1 amide bonds. The molecule has 0 aromatic carbocycles. The van der Waals surface area contributed by atoms with Crippen LogP contribution in [0.1, 0.15) is 28.2 Å². The van der Waals surface area contributed by atoms with Crippen LogP contribution in [0.2, 0.25) is 0 Å². The second-order valence-electron chi connectivity index (χ2n) is 5.90. The highest BCUT2D eigenvalue weighted by molar-refractivity contribution is 7.09. The molecule has 0 spiro atoms. The summed E-state index contributed by atoms with van der Waals surface area (Å²) in [5, 5.41) is 11.1. The lowest BCUT2D eigenvalue weighted by Gasteiger charge is -2.23. The number of nitrogens with zero attached hydrogens (tertiary/aromatic N) is 2. The average molecular weight is 348 g/mol. The van der Waals surface area contributed by atoms with E-state index in [-0.39, 0.29) is 24.5 Å². The van der Waals surface area contributed by atoms with Crippen LogP contribution in [0.4, 0.5) is 0 Å². The third kappa shape index (κ3) is 3.52. The Kier molecular flexibility index (Phi) is 5.01. The Morgan fingerprint density at radius 2 is 2.21 bits per heavy atom. The zero-order valence-corrected chi connectivity index (χ0v) is 14.2. The lowest BCUT2D eigenvalue weighted by Crippen LogP contribution is -2.38. The first-order valence-corrected chi connectivity index (χ1v) is 8.69. The number of ether oxygens (including phenoxy) is 1. The minimum atomic E-state index is -0.900. The molecule has 0 aliphatic carbocycles. The zero-order chi connectivity index (χ0) is 17.1. The molecule has 3 rings (SSSR count). The van der Waals surface area contributed by atoms with Gasteiger partial charge in [-0.05, 0) is 30.0 Å². The molecule has 1 fully saturated rings. The molecule has 1 saturated heterocycles. The van der Waals surface area contributed by atoms with Crippen molar-refractivity contribution < 1.29 is 19.4 Å². The Balaban J connectivity index is 1.80. The number of amides is 1. The fourth-order valence-electron chi connectivity index (χ4n) is 3.15. The summed E-state index contributed by atoms with van der Waals surface area (Å²) in [5.74, 6) is -1.04. The molecule has 1 aliphatic heterocycles. The average Bonchev–Trinajstić information content (AvgIpc) is 3.27. The van der Waals surface area contributed by atoms with E-state index in [1.807, 2.05) is 34.3 Å². The van der Waals surface area contributed by atoms with Gasteiger partial charge in [0.05, 0.1) is 19.1 Å². The summed E-state index contributed by atoms with van der Waals surface area (Å²) < 4.78 is 7.25. The second-order valence-corrected chi connectivity index (χ2v) is 6.94. The fourth-order valence-corrected chi connectivity index (χ4v) is 3.85. The van der Waals surface area contributed by atoms with E-state index in [2.05, 4.69) is 0 Å². The molecule has 0 bridgehead atoms. The first-order chi connectivity index (χ1) is 11.6. The molecule has 128 valence electrons. The first kappa shape index (κ1) is 16.7. The molecule has 2 unspecified atom stereocenters. The first-order valence-electron chi connectivity index (χ1n) is 7.81. The molecule has 24 heavy (non-hydrogen) atoms. The van der Waals surface area contributed by atoms with E-state index >= 15 is 0 Å². The minimum absolute atomic E-state index is 0.0583. The standard InChI is InChI=1S/C17H20N2O4S/c1-23-13-8-12(9-16(20)21)19(10-13)17(22)15-5-2-6-18(15)11-14-4-3-7-24-14/h2-7,12-13H,8-11H2,1H3,(H,20,21). The number of aliphatic carboxylic acids is 1. The molecule has 1 N–H and O–H groups in total. The van der Waals surface area contributed by atoms with E-state index < -0.39 is 5.97 Å². The van der Waals surface area contributed by atoms with Gasteiger partial charge in [0.15, 0.2) is 0 Å². The summed E-state index contributed by atoms with van der Waals surface area (Å²) in [4.78, 5) is 26.9. The predicted molar refractivity (Wildman–Crippen MR) is 90.3 cm³/mol. The van der Waals surface area contributed by atoms with Crippen molar-refractivity contribution in [2.45, 2.75) is 31.5 Å². The van der Waals surface area contributed by atoms with E-state index in [0.29, 0.717) is 25.2 Å². The minimum Gasteiger partial charge on any atom is -0.481 e.